The Morgan fingerprint density at radius 2 is 1.76 bits per heavy atom. The molecule has 0 bridgehead atoms. The lowest BCUT2D eigenvalue weighted by Gasteiger charge is -2.30. The van der Waals surface area contributed by atoms with Gasteiger partial charge in [0.2, 0.25) is 0 Å². The largest absolute Gasteiger partial charge is 0.348 e. The average Bonchev–Trinajstić information content (AvgIpc) is 2.63. The predicted octanol–water partition coefficient (Wildman–Crippen LogP) is 2.53. The SMILES string of the molecule is C=CCNC(=O)C1=C(c2ccccc2)c2ccccc2N(C)S1(=O)=O. The van der Waals surface area contributed by atoms with Crippen molar-refractivity contribution in [2.75, 3.05) is 17.9 Å². The molecule has 0 saturated carbocycles. The lowest BCUT2D eigenvalue weighted by atomic mass is 9.95. The van der Waals surface area contributed by atoms with Crippen LogP contribution in [0.1, 0.15) is 11.1 Å². The highest BCUT2D eigenvalue weighted by molar-refractivity contribution is 7.97. The molecule has 1 aliphatic heterocycles. The number of sulfonamides is 1. The highest BCUT2D eigenvalue weighted by Gasteiger charge is 2.39. The van der Waals surface area contributed by atoms with Crippen LogP contribution >= 0.6 is 0 Å². The monoisotopic (exact) mass is 354 g/mol. The molecule has 1 heterocycles. The van der Waals surface area contributed by atoms with Gasteiger partial charge in [0.05, 0.1) is 5.69 Å². The van der Waals surface area contributed by atoms with Gasteiger partial charge in [0, 0.05) is 24.7 Å². The minimum Gasteiger partial charge on any atom is -0.348 e. The van der Waals surface area contributed by atoms with Crippen LogP contribution in [0.15, 0.2) is 72.2 Å². The summed E-state index contributed by atoms with van der Waals surface area (Å²) in [6, 6.07) is 16.2. The Kier molecular flexibility index (Phi) is 4.46. The van der Waals surface area contributed by atoms with E-state index in [0.717, 1.165) is 4.31 Å². The molecule has 1 N–H and O–H groups in total. The lowest BCUT2D eigenvalue weighted by Crippen LogP contribution is -2.39. The van der Waals surface area contributed by atoms with E-state index >= 15 is 0 Å². The number of benzene rings is 2. The molecule has 0 aliphatic carbocycles. The van der Waals surface area contributed by atoms with Crippen LogP contribution in [-0.2, 0) is 14.8 Å². The number of anilines is 1. The third-order valence-electron chi connectivity index (χ3n) is 4.03. The third-order valence-corrected chi connectivity index (χ3v) is 5.86. The maximum atomic E-state index is 13.0. The van der Waals surface area contributed by atoms with Gasteiger partial charge in [-0.25, -0.2) is 8.42 Å². The first-order valence-electron chi connectivity index (χ1n) is 7.75. The molecule has 25 heavy (non-hydrogen) atoms. The maximum Gasteiger partial charge on any atom is 0.270 e. The molecule has 0 saturated heterocycles. The Morgan fingerprint density at radius 1 is 1.12 bits per heavy atom. The standard InChI is InChI=1S/C19H18N2O3S/c1-3-13-20-19(22)18-17(14-9-5-4-6-10-14)15-11-7-8-12-16(15)21(2)25(18,23)24/h3-12H,1,13H2,2H3,(H,20,22). The van der Waals surface area contributed by atoms with E-state index in [-0.39, 0.29) is 11.4 Å². The van der Waals surface area contributed by atoms with E-state index in [1.165, 1.54) is 13.1 Å². The molecule has 0 radical (unpaired) electrons. The number of rotatable bonds is 4. The van der Waals surface area contributed by atoms with Crippen LogP contribution in [0.25, 0.3) is 5.57 Å². The van der Waals surface area contributed by atoms with Gasteiger partial charge in [0.15, 0.2) is 4.91 Å². The zero-order valence-corrected chi connectivity index (χ0v) is 14.6. The topological polar surface area (TPSA) is 66.5 Å². The first-order valence-corrected chi connectivity index (χ1v) is 9.19. The zero-order valence-electron chi connectivity index (χ0n) is 13.8. The fourth-order valence-electron chi connectivity index (χ4n) is 2.84. The molecule has 1 amide bonds. The van der Waals surface area contributed by atoms with Crippen LogP contribution in [0.5, 0.6) is 0 Å². The second-order valence-electron chi connectivity index (χ2n) is 5.56. The number of carbonyl (C=O) groups is 1. The highest BCUT2D eigenvalue weighted by Crippen LogP contribution is 2.41. The molecule has 0 fully saturated rings. The molecule has 3 rings (SSSR count). The quantitative estimate of drug-likeness (QED) is 0.858. The fraction of sp³-hybridized carbons (Fsp3) is 0.105. The summed E-state index contributed by atoms with van der Waals surface area (Å²) in [6.45, 7) is 3.74. The Labute approximate surface area is 147 Å². The summed E-state index contributed by atoms with van der Waals surface area (Å²) >= 11 is 0. The number of hydrogen-bond donors (Lipinski definition) is 1. The molecule has 128 valence electrons. The number of nitrogens with one attached hydrogen (secondary N) is 1. The van der Waals surface area contributed by atoms with E-state index in [9.17, 15) is 13.2 Å². The van der Waals surface area contributed by atoms with Gasteiger partial charge in [-0.05, 0) is 11.6 Å². The van der Waals surface area contributed by atoms with E-state index in [0.29, 0.717) is 22.4 Å². The van der Waals surface area contributed by atoms with Crippen LogP contribution in [-0.4, -0.2) is 27.9 Å². The first-order chi connectivity index (χ1) is 12.0. The summed E-state index contributed by atoms with van der Waals surface area (Å²) in [7, 11) is -2.52. The fourth-order valence-corrected chi connectivity index (χ4v) is 4.33. The first kappa shape index (κ1) is 17.0. The number of carbonyl (C=O) groups excluding carboxylic acids is 1. The molecule has 6 heteroatoms. The minimum atomic E-state index is -3.98. The van der Waals surface area contributed by atoms with Gasteiger partial charge in [0.1, 0.15) is 0 Å². The average molecular weight is 354 g/mol. The van der Waals surface area contributed by atoms with Crippen molar-refractivity contribution >= 4 is 27.2 Å². The van der Waals surface area contributed by atoms with Crippen LogP contribution < -0.4 is 9.62 Å². The van der Waals surface area contributed by atoms with Gasteiger partial charge in [-0.1, -0.05) is 54.6 Å². The van der Waals surface area contributed by atoms with Crippen molar-refractivity contribution < 1.29 is 13.2 Å². The van der Waals surface area contributed by atoms with Crippen molar-refractivity contribution in [2.24, 2.45) is 0 Å². The van der Waals surface area contributed by atoms with E-state index in [1.807, 2.05) is 30.3 Å². The maximum absolute atomic E-state index is 13.0. The number of hydrogen-bond acceptors (Lipinski definition) is 3. The van der Waals surface area contributed by atoms with Crippen molar-refractivity contribution in [1.29, 1.82) is 0 Å². The normalized spacial score (nSPS) is 15.5. The van der Waals surface area contributed by atoms with E-state index in [2.05, 4.69) is 11.9 Å². The number of nitrogens with zero attached hydrogens (tertiary/aromatic N) is 1. The summed E-state index contributed by atoms with van der Waals surface area (Å²) in [6.07, 6.45) is 1.51. The minimum absolute atomic E-state index is 0.186. The van der Waals surface area contributed by atoms with Crippen molar-refractivity contribution in [2.45, 2.75) is 0 Å². The van der Waals surface area contributed by atoms with Gasteiger partial charge in [-0.3, -0.25) is 9.10 Å². The molecule has 0 unspecified atom stereocenters. The molecular weight excluding hydrogens is 336 g/mol. The van der Waals surface area contributed by atoms with Gasteiger partial charge in [-0.15, -0.1) is 6.58 Å². The Morgan fingerprint density at radius 3 is 2.44 bits per heavy atom. The second-order valence-corrected chi connectivity index (χ2v) is 7.46. The summed E-state index contributed by atoms with van der Waals surface area (Å²) in [5, 5.41) is 2.59. The molecule has 0 aromatic heterocycles. The van der Waals surface area contributed by atoms with E-state index in [4.69, 9.17) is 0 Å². The molecule has 2 aromatic carbocycles. The third kappa shape index (κ3) is 2.85. The summed E-state index contributed by atoms with van der Waals surface area (Å²) in [4.78, 5) is 12.4. The predicted molar refractivity (Wildman–Crippen MR) is 99.4 cm³/mol. The Balaban J connectivity index is 2.36. The second kappa shape index (κ2) is 6.57. The molecule has 0 spiro atoms. The number of para-hydroxylation sites is 1. The summed E-state index contributed by atoms with van der Waals surface area (Å²) in [5.41, 5.74) is 2.34. The molecule has 2 aromatic rings. The molecule has 5 nitrogen and oxygen atoms in total. The van der Waals surface area contributed by atoms with Gasteiger partial charge >= 0.3 is 0 Å². The van der Waals surface area contributed by atoms with Crippen LogP contribution in [0.2, 0.25) is 0 Å². The van der Waals surface area contributed by atoms with Gasteiger partial charge < -0.3 is 5.32 Å². The van der Waals surface area contributed by atoms with Crippen molar-refractivity contribution in [1.82, 2.24) is 5.32 Å². The number of amides is 1. The summed E-state index contributed by atoms with van der Waals surface area (Å²) in [5.74, 6) is -0.639. The van der Waals surface area contributed by atoms with Crippen LogP contribution in [0.3, 0.4) is 0 Å². The lowest BCUT2D eigenvalue weighted by molar-refractivity contribution is -0.116. The van der Waals surface area contributed by atoms with Crippen molar-refractivity contribution in [3.63, 3.8) is 0 Å². The van der Waals surface area contributed by atoms with E-state index in [1.54, 1.807) is 24.3 Å². The summed E-state index contributed by atoms with van der Waals surface area (Å²) < 4.78 is 27.2. The zero-order chi connectivity index (χ0) is 18.0. The number of fused-ring (bicyclic) bond motifs is 1. The van der Waals surface area contributed by atoms with Gasteiger partial charge in [-0.2, -0.15) is 0 Å². The van der Waals surface area contributed by atoms with Crippen LogP contribution in [0, 0.1) is 0 Å². The van der Waals surface area contributed by atoms with Crippen LogP contribution in [0.4, 0.5) is 5.69 Å². The molecule has 1 aliphatic rings. The molecular formula is C19H18N2O3S. The highest BCUT2D eigenvalue weighted by atomic mass is 32.2. The van der Waals surface area contributed by atoms with Gasteiger partial charge in [0.25, 0.3) is 15.9 Å². The van der Waals surface area contributed by atoms with E-state index < -0.39 is 15.9 Å². The smallest absolute Gasteiger partial charge is 0.270 e. The Hall–Kier alpha value is -2.86. The van der Waals surface area contributed by atoms with Crippen molar-refractivity contribution in [3.05, 3.63) is 83.3 Å². The van der Waals surface area contributed by atoms with Crippen molar-refractivity contribution in [3.8, 4) is 0 Å². The Bertz CT molecular complexity index is 963. The molecule has 0 atom stereocenters.